The summed E-state index contributed by atoms with van der Waals surface area (Å²) in [4.78, 5) is 0. The summed E-state index contributed by atoms with van der Waals surface area (Å²) < 4.78 is 0. The van der Waals surface area contributed by atoms with Crippen LogP contribution in [-0.4, -0.2) is 16.8 Å². The lowest BCUT2D eigenvalue weighted by Crippen LogP contribution is -2.36. The fourth-order valence-electron chi connectivity index (χ4n) is 1.53. The number of rotatable bonds is 3. The van der Waals surface area contributed by atoms with Gasteiger partial charge in [-0.05, 0) is 32.4 Å². The maximum atomic E-state index is 5.65. The van der Waals surface area contributed by atoms with Crippen LogP contribution in [0, 0.1) is 0 Å². The number of allylic oxidation sites excluding steroid dienone is 3. The van der Waals surface area contributed by atoms with Gasteiger partial charge in [0.05, 0.1) is 17.5 Å². The summed E-state index contributed by atoms with van der Waals surface area (Å²) in [7, 11) is 0. The molecule has 1 heterocycles. The Bertz CT molecular complexity index is 274. The lowest BCUT2D eigenvalue weighted by atomic mass is 9.98. The van der Waals surface area contributed by atoms with Gasteiger partial charge < -0.3 is 5.73 Å². The van der Waals surface area contributed by atoms with Gasteiger partial charge in [0.2, 0.25) is 0 Å². The van der Waals surface area contributed by atoms with Crippen LogP contribution in [0.4, 0.5) is 0 Å². The van der Waals surface area contributed by atoms with Gasteiger partial charge in [-0.1, -0.05) is 13.3 Å². The molecule has 3 nitrogen and oxygen atoms in total. The minimum absolute atomic E-state index is 0.0558. The molecular weight excluding hydrogens is 174 g/mol. The fraction of sp³-hybridized carbons (Fsp3) is 0.545. The first kappa shape index (κ1) is 10.8. The highest BCUT2D eigenvalue weighted by atomic mass is 15.5. The average molecular weight is 193 g/mol. The predicted molar refractivity (Wildman–Crippen MR) is 60.7 cm³/mol. The molecule has 0 aromatic rings. The molecule has 1 aliphatic heterocycles. The molecule has 0 saturated carbocycles. The normalized spacial score (nSPS) is 16.8. The van der Waals surface area contributed by atoms with Crippen LogP contribution in [0.5, 0.6) is 0 Å². The Hall–Kier alpha value is -1.25. The van der Waals surface area contributed by atoms with E-state index in [2.05, 4.69) is 25.9 Å². The van der Waals surface area contributed by atoms with Gasteiger partial charge >= 0.3 is 0 Å². The van der Waals surface area contributed by atoms with Crippen molar-refractivity contribution in [1.82, 2.24) is 5.01 Å². The largest absolute Gasteiger partial charge is 0.397 e. The first-order valence-corrected chi connectivity index (χ1v) is 5.03. The van der Waals surface area contributed by atoms with E-state index >= 15 is 0 Å². The second-order valence-electron chi connectivity index (χ2n) is 4.16. The first-order chi connectivity index (χ1) is 6.56. The van der Waals surface area contributed by atoms with Crippen LogP contribution in [-0.2, 0) is 0 Å². The number of hydrogen-bond donors (Lipinski definition) is 1. The molecule has 14 heavy (non-hydrogen) atoms. The smallest absolute Gasteiger partial charge is 0.0704 e. The Morgan fingerprint density at radius 2 is 2.21 bits per heavy atom. The summed E-state index contributed by atoms with van der Waals surface area (Å²) in [5, 5.41) is 6.29. The number of nitrogens with two attached hydrogens (primary N) is 1. The molecular formula is C11H19N3. The minimum atomic E-state index is 0.0558. The Kier molecular flexibility index (Phi) is 3.33. The summed E-state index contributed by atoms with van der Waals surface area (Å²) in [5.74, 6) is 0. The van der Waals surface area contributed by atoms with E-state index in [1.165, 1.54) is 0 Å². The molecule has 2 N–H and O–H groups in total. The van der Waals surface area contributed by atoms with E-state index in [1.807, 2.05) is 23.4 Å². The van der Waals surface area contributed by atoms with Gasteiger partial charge in [0.25, 0.3) is 0 Å². The molecule has 0 bridgehead atoms. The standard InChI is InChI=1S/C11H19N3/c1-4-7-11(2,3)14-8-5-6-10(12)9-13-14/h5-6,8-9H,4,7,12H2,1-3H3. The maximum Gasteiger partial charge on any atom is 0.0704 e. The molecule has 0 unspecified atom stereocenters. The summed E-state index contributed by atoms with van der Waals surface area (Å²) in [6, 6.07) is 0. The summed E-state index contributed by atoms with van der Waals surface area (Å²) in [5.41, 5.74) is 6.39. The van der Waals surface area contributed by atoms with E-state index < -0.39 is 0 Å². The van der Waals surface area contributed by atoms with Gasteiger partial charge in [-0.25, -0.2) is 0 Å². The molecule has 78 valence electrons. The van der Waals surface area contributed by atoms with Crippen molar-refractivity contribution in [3.63, 3.8) is 0 Å². The van der Waals surface area contributed by atoms with Crippen molar-refractivity contribution >= 4 is 6.21 Å². The molecule has 0 aliphatic carbocycles. The summed E-state index contributed by atoms with van der Waals surface area (Å²) in [6.45, 7) is 6.54. The van der Waals surface area contributed by atoms with E-state index in [1.54, 1.807) is 6.21 Å². The second-order valence-corrected chi connectivity index (χ2v) is 4.16. The van der Waals surface area contributed by atoms with Crippen LogP contribution in [0.1, 0.15) is 33.6 Å². The molecule has 0 aromatic carbocycles. The van der Waals surface area contributed by atoms with E-state index in [4.69, 9.17) is 5.73 Å². The van der Waals surface area contributed by atoms with Gasteiger partial charge in [0.1, 0.15) is 0 Å². The molecule has 0 aromatic heterocycles. The molecule has 0 spiro atoms. The lowest BCUT2D eigenvalue weighted by Gasteiger charge is -2.33. The number of hydrogen-bond acceptors (Lipinski definition) is 3. The highest BCUT2D eigenvalue weighted by Gasteiger charge is 2.22. The molecule has 0 saturated heterocycles. The molecule has 0 atom stereocenters. The van der Waals surface area contributed by atoms with Crippen molar-refractivity contribution in [2.24, 2.45) is 10.8 Å². The highest BCUT2D eigenvalue weighted by Crippen LogP contribution is 2.22. The van der Waals surface area contributed by atoms with Crippen molar-refractivity contribution in [3.8, 4) is 0 Å². The van der Waals surface area contributed by atoms with Crippen LogP contribution in [0.3, 0.4) is 0 Å². The van der Waals surface area contributed by atoms with Crippen molar-refractivity contribution in [3.05, 3.63) is 24.0 Å². The quantitative estimate of drug-likeness (QED) is 0.746. The third kappa shape index (κ3) is 2.62. The predicted octanol–water partition coefficient (Wildman–Crippen LogP) is 2.22. The van der Waals surface area contributed by atoms with E-state index in [0.29, 0.717) is 5.70 Å². The molecule has 3 heteroatoms. The Labute approximate surface area is 86.0 Å². The second kappa shape index (κ2) is 4.31. The van der Waals surface area contributed by atoms with E-state index in [-0.39, 0.29) is 5.54 Å². The van der Waals surface area contributed by atoms with Gasteiger partial charge in [0.15, 0.2) is 0 Å². The highest BCUT2D eigenvalue weighted by molar-refractivity contribution is 5.77. The van der Waals surface area contributed by atoms with Crippen molar-refractivity contribution in [2.75, 3.05) is 0 Å². The number of nitrogens with zero attached hydrogens (tertiary/aromatic N) is 2. The maximum absolute atomic E-state index is 5.65. The minimum Gasteiger partial charge on any atom is -0.397 e. The number of hydrazone groups is 1. The van der Waals surface area contributed by atoms with Crippen LogP contribution in [0.2, 0.25) is 0 Å². The zero-order chi connectivity index (χ0) is 10.6. The van der Waals surface area contributed by atoms with Crippen LogP contribution >= 0.6 is 0 Å². The zero-order valence-electron chi connectivity index (χ0n) is 9.20. The Balaban J connectivity index is 2.76. The average Bonchev–Trinajstić information content (AvgIpc) is 2.30. The third-order valence-corrected chi connectivity index (χ3v) is 2.33. The van der Waals surface area contributed by atoms with E-state index in [0.717, 1.165) is 12.8 Å². The third-order valence-electron chi connectivity index (χ3n) is 2.33. The van der Waals surface area contributed by atoms with Crippen LogP contribution in [0.15, 0.2) is 29.2 Å². The van der Waals surface area contributed by atoms with Gasteiger partial charge in [-0.15, -0.1) is 0 Å². The molecule has 0 radical (unpaired) electrons. The fourth-order valence-corrected chi connectivity index (χ4v) is 1.53. The SMILES string of the molecule is CCCC(C)(C)N1C=CC=C(N)C=N1. The van der Waals surface area contributed by atoms with Crippen molar-refractivity contribution < 1.29 is 0 Å². The summed E-state index contributed by atoms with van der Waals surface area (Å²) in [6.07, 6.45) is 9.69. The molecule has 0 amide bonds. The van der Waals surface area contributed by atoms with Crippen molar-refractivity contribution in [1.29, 1.82) is 0 Å². The Morgan fingerprint density at radius 3 is 2.86 bits per heavy atom. The monoisotopic (exact) mass is 193 g/mol. The molecule has 1 aliphatic rings. The van der Waals surface area contributed by atoms with Crippen molar-refractivity contribution in [2.45, 2.75) is 39.2 Å². The van der Waals surface area contributed by atoms with Gasteiger partial charge in [-0.2, -0.15) is 5.10 Å². The molecule has 0 fully saturated rings. The Morgan fingerprint density at radius 1 is 1.50 bits per heavy atom. The van der Waals surface area contributed by atoms with Gasteiger partial charge in [0, 0.05) is 6.20 Å². The van der Waals surface area contributed by atoms with Gasteiger partial charge in [-0.3, -0.25) is 5.01 Å². The lowest BCUT2D eigenvalue weighted by molar-refractivity contribution is 0.179. The first-order valence-electron chi connectivity index (χ1n) is 5.03. The van der Waals surface area contributed by atoms with Crippen LogP contribution < -0.4 is 5.73 Å². The molecule has 1 rings (SSSR count). The topological polar surface area (TPSA) is 41.6 Å². The summed E-state index contributed by atoms with van der Waals surface area (Å²) >= 11 is 0. The van der Waals surface area contributed by atoms with Crippen LogP contribution in [0.25, 0.3) is 0 Å². The zero-order valence-corrected chi connectivity index (χ0v) is 9.20. The van der Waals surface area contributed by atoms with E-state index in [9.17, 15) is 0 Å².